The monoisotopic (exact) mass is 838 g/mol. The molecule has 14 nitrogen and oxygen atoms in total. The normalized spacial score (nSPS) is 29.0. The van der Waals surface area contributed by atoms with E-state index in [0.717, 1.165) is 20.2 Å². The van der Waals surface area contributed by atoms with Crippen molar-refractivity contribution in [1.29, 1.82) is 0 Å². The Morgan fingerprint density at radius 1 is 1.10 bits per heavy atom. The molecule has 0 radical (unpaired) electrons. The summed E-state index contributed by atoms with van der Waals surface area (Å²) in [7, 11) is 6.46. The molecule has 3 heterocycles. The Labute approximate surface area is 357 Å². The van der Waals surface area contributed by atoms with Gasteiger partial charge in [0.2, 0.25) is 11.6 Å². The van der Waals surface area contributed by atoms with Crippen molar-refractivity contribution in [1.82, 2.24) is 20.9 Å². The fraction of sp³-hybridized carbons (Fsp3) is 0.630. The van der Waals surface area contributed by atoms with Gasteiger partial charge in [0.1, 0.15) is 23.3 Å². The molecule has 60 heavy (non-hydrogen) atoms. The Kier molecular flexibility index (Phi) is 18.3. The van der Waals surface area contributed by atoms with E-state index in [4.69, 9.17) is 14.6 Å². The first-order valence-electron chi connectivity index (χ1n) is 21.2. The SMILES string of the molecule is CCN(C)C[C@@H](CNC)CNC1=C2NC(=O)/C(C)=C\C=C\[C@H](C)C[C@@H](C)[C@@H](O)[C@@H](C)[C@H](OC(C)=O)[C@H](C)CCC[C@@]3(C)Oc4c(C)c(O)c(c(c4C3=O)C1=NC)C2=O.CO. The van der Waals surface area contributed by atoms with Crippen molar-refractivity contribution < 1.29 is 44.0 Å². The lowest BCUT2D eigenvalue weighted by molar-refractivity contribution is -0.156. The van der Waals surface area contributed by atoms with Crippen molar-refractivity contribution in [2.75, 3.05) is 54.4 Å². The number of allylic oxidation sites excluding steroid dienone is 5. The number of carbonyl (C=O) groups is 4. The predicted octanol–water partition coefficient (Wildman–Crippen LogP) is 4.88. The number of nitrogens with zero attached hydrogens (tertiary/aromatic N) is 2. The largest absolute Gasteiger partial charge is 0.507 e. The van der Waals surface area contributed by atoms with Crippen molar-refractivity contribution in [2.45, 2.75) is 106 Å². The number of phenols is 1. The minimum absolute atomic E-state index is 0.0387. The first-order valence-corrected chi connectivity index (χ1v) is 21.2. The van der Waals surface area contributed by atoms with Crippen LogP contribution in [0.3, 0.4) is 0 Å². The molecule has 4 aliphatic rings. The minimum Gasteiger partial charge on any atom is -0.507 e. The van der Waals surface area contributed by atoms with Gasteiger partial charge in [-0.1, -0.05) is 52.8 Å². The molecule has 0 fully saturated rings. The number of nitrogens with one attached hydrogen (secondary N) is 3. The highest BCUT2D eigenvalue weighted by atomic mass is 16.5. The number of hydrogen-bond acceptors (Lipinski definition) is 13. The highest BCUT2D eigenvalue weighted by Gasteiger charge is 2.50. The van der Waals surface area contributed by atoms with Gasteiger partial charge in [-0.15, -0.1) is 0 Å². The first kappa shape index (κ1) is 50.0. The maximum absolute atomic E-state index is 14.7. The van der Waals surface area contributed by atoms with Gasteiger partial charge in [0, 0.05) is 69.3 Å². The van der Waals surface area contributed by atoms with Crippen LogP contribution < -0.4 is 20.7 Å². The molecule has 6 N–H and O–H groups in total. The highest BCUT2D eigenvalue weighted by Crippen LogP contribution is 2.49. The van der Waals surface area contributed by atoms with Gasteiger partial charge in [-0.25, -0.2) is 0 Å². The van der Waals surface area contributed by atoms with Gasteiger partial charge in [0.05, 0.1) is 28.6 Å². The van der Waals surface area contributed by atoms with Gasteiger partial charge in [-0.3, -0.25) is 24.2 Å². The second-order valence-corrected chi connectivity index (χ2v) is 17.1. The van der Waals surface area contributed by atoms with Crippen LogP contribution in [0.2, 0.25) is 0 Å². The molecule has 1 amide bonds. The fourth-order valence-corrected chi connectivity index (χ4v) is 8.70. The van der Waals surface area contributed by atoms with E-state index in [-0.39, 0.29) is 86.2 Å². The lowest BCUT2D eigenvalue weighted by Crippen LogP contribution is -2.43. The average molecular weight is 838 g/mol. The minimum atomic E-state index is -1.35. The molecule has 1 aromatic carbocycles. The maximum atomic E-state index is 14.7. The third-order valence-electron chi connectivity index (χ3n) is 12.2. The van der Waals surface area contributed by atoms with E-state index < -0.39 is 35.5 Å². The van der Waals surface area contributed by atoms with Crippen LogP contribution in [0.1, 0.15) is 113 Å². The van der Waals surface area contributed by atoms with Crippen LogP contribution >= 0.6 is 0 Å². The summed E-state index contributed by atoms with van der Waals surface area (Å²) in [5.74, 6) is -2.65. The first-order chi connectivity index (χ1) is 28.3. The van der Waals surface area contributed by atoms with Crippen LogP contribution in [0, 0.1) is 36.5 Å². The van der Waals surface area contributed by atoms with Crippen LogP contribution in [0.25, 0.3) is 0 Å². The van der Waals surface area contributed by atoms with Crippen molar-refractivity contribution in [3.63, 3.8) is 0 Å². The summed E-state index contributed by atoms with van der Waals surface area (Å²) in [5, 5.41) is 39.8. The van der Waals surface area contributed by atoms with Crippen LogP contribution in [0.5, 0.6) is 11.5 Å². The van der Waals surface area contributed by atoms with Gasteiger partial charge in [0.25, 0.3) is 5.91 Å². The second-order valence-electron chi connectivity index (χ2n) is 17.1. The van der Waals surface area contributed by atoms with E-state index in [1.54, 1.807) is 40.0 Å². The van der Waals surface area contributed by atoms with E-state index in [9.17, 15) is 29.4 Å². The number of ether oxygens (including phenoxy) is 2. The number of aliphatic hydroxyl groups is 2. The van der Waals surface area contributed by atoms with Gasteiger partial charge >= 0.3 is 5.97 Å². The smallest absolute Gasteiger partial charge is 0.302 e. The Morgan fingerprint density at radius 2 is 1.77 bits per heavy atom. The van der Waals surface area contributed by atoms with E-state index in [0.29, 0.717) is 44.3 Å². The molecule has 0 unspecified atom stereocenters. The molecule has 5 rings (SSSR count). The van der Waals surface area contributed by atoms with Crippen LogP contribution in [-0.2, 0) is 14.3 Å². The van der Waals surface area contributed by atoms with Crippen molar-refractivity contribution >= 4 is 29.2 Å². The molecular formula is C46H71N5O9. The lowest BCUT2D eigenvalue weighted by Gasteiger charge is -2.35. The number of amides is 1. The van der Waals surface area contributed by atoms with Crippen LogP contribution in [0.4, 0.5) is 0 Å². The molecule has 0 aromatic heterocycles. The lowest BCUT2D eigenvalue weighted by atomic mass is 9.78. The van der Waals surface area contributed by atoms with Crippen LogP contribution in [-0.4, -0.2) is 122 Å². The number of benzene rings is 1. The Balaban J connectivity index is 0.00000473. The number of esters is 1. The third kappa shape index (κ3) is 11.1. The quantitative estimate of drug-likeness (QED) is 0.185. The average Bonchev–Trinajstić information content (AvgIpc) is 3.47. The van der Waals surface area contributed by atoms with Gasteiger partial charge in [-0.2, -0.15) is 0 Å². The number of aliphatic hydroxyl groups excluding tert-OH is 2. The summed E-state index contributed by atoms with van der Waals surface area (Å²) in [6.45, 7) is 19.0. The second kappa shape index (κ2) is 21.9. The van der Waals surface area contributed by atoms with Crippen molar-refractivity contribution in [3.8, 4) is 11.5 Å². The van der Waals surface area contributed by atoms with Gasteiger partial charge in [0.15, 0.2) is 5.60 Å². The summed E-state index contributed by atoms with van der Waals surface area (Å²) in [6.07, 6.45) is 6.12. The van der Waals surface area contributed by atoms with Crippen molar-refractivity contribution in [3.05, 3.63) is 57.4 Å². The number of ketones is 2. The molecule has 1 aliphatic carbocycles. The number of rotatable bonds is 9. The summed E-state index contributed by atoms with van der Waals surface area (Å²) in [6, 6.07) is 0. The van der Waals surface area contributed by atoms with Crippen molar-refractivity contribution in [2.24, 2.45) is 34.6 Å². The molecule has 8 atom stereocenters. The summed E-state index contributed by atoms with van der Waals surface area (Å²) in [5.41, 5.74) is -0.155. The number of carbonyl (C=O) groups excluding carboxylic acids is 4. The zero-order valence-electron chi connectivity index (χ0n) is 38.1. The van der Waals surface area contributed by atoms with E-state index in [1.807, 2.05) is 47.9 Å². The summed E-state index contributed by atoms with van der Waals surface area (Å²) >= 11 is 0. The Morgan fingerprint density at radius 3 is 2.37 bits per heavy atom. The molecular weight excluding hydrogens is 767 g/mol. The fourth-order valence-electron chi connectivity index (χ4n) is 8.70. The topological polar surface area (TPSA) is 199 Å². The van der Waals surface area contributed by atoms with Gasteiger partial charge in [-0.05, 0) is 84.8 Å². The number of fused-ring (bicyclic) bond motifs is 14. The number of Topliss-reactive ketones (excluding diaryl/α,β-unsaturated/α-hetero) is 2. The number of hydrogen-bond donors (Lipinski definition) is 6. The molecule has 0 spiro atoms. The van der Waals surface area contributed by atoms with Gasteiger partial charge < -0.3 is 45.6 Å². The highest BCUT2D eigenvalue weighted by molar-refractivity contribution is 6.34. The molecule has 5 bridgehead atoms. The molecule has 0 saturated carbocycles. The van der Waals surface area contributed by atoms with E-state index >= 15 is 0 Å². The Hall–Kier alpha value is -4.37. The summed E-state index contributed by atoms with van der Waals surface area (Å²) in [4.78, 5) is 62.5. The number of aliphatic imine (C=N–C) groups is 1. The predicted molar refractivity (Wildman–Crippen MR) is 234 cm³/mol. The molecule has 1 aromatic rings. The maximum Gasteiger partial charge on any atom is 0.302 e. The number of aromatic hydroxyl groups is 1. The van der Waals surface area contributed by atoms with E-state index in [2.05, 4.69) is 32.8 Å². The standard InChI is InChI=1S/C45H67N5O8.CH4O/c1-13-50(12)23-31(21-46-10)22-48-36-35(47-11)32-33-39(53)29(7)42-34(32)43(55)45(9,58-42)19-15-18-25(3)41(57-30(8)51)28(6)38(52)27(5)20-24(2)16-14-17-26(4)44(56)49-37(36)40(33)54;1-2/h14,16-17,24-25,27-28,31,38,41,46,48,52-53H,13,15,18-23H2,1-12H3,(H,49,56);2H,1H3/b16-14+,26-17-,47-35?;/t24-,25+,27+,28+,31-,38+,41+,45+;/m0./s1. The molecule has 14 heteroatoms. The number of phenolic OH excluding ortho intramolecular Hbond substituents is 1. The molecule has 0 saturated heterocycles. The summed E-state index contributed by atoms with van der Waals surface area (Å²) < 4.78 is 12.4. The zero-order chi connectivity index (χ0) is 45.2. The van der Waals surface area contributed by atoms with E-state index in [1.165, 1.54) is 6.92 Å². The molecule has 334 valence electrons. The molecule has 3 aliphatic heterocycles. The Bertz CT molecular complexity index is 1870. The zero-order valence-corrected chi connectivity index (χ0v) is 38.1. The third-order valence-corrected chi connectivity index (χ3v) is 12.2. The van der Waals surface area contributed by atoms with Crippen LogP contribution in [0.15, 0.2) is 40.2 Å².